The number of methoxy groups -OCH3 is 1. The molecule has 8 heteroatoms. The molecule has 0 aliphatic carbocycles. The van der Waals surface area contributed by atoms with E-state index >= 15 is 0 Å². The Bertz CT molecular complexity index is 912. The highest BCUT2D eigenvalue weighted by molar-refractivity contribution is 6.30. The number of hydrogen-bond acceptors (Lipinski definition) is 4. The summed E-state index contributed by atoms with van der Waals surface area (Å²) in [6, 6.07) is 14.4. The molecular formula is C20H21ClN4O3. The van der Waals surface area contributed by atoms with E-state index < -0.39 is 0 Å². The summed E-state index contributed by atoms with van der Waals surface area (Å²) in [5.41, 5.74) is 1.78. The average molecular weight is 401 g/mol. The number of ether oxygens (including phenoxy) is 2. The summed E-state index contributed by atoms with van der Waals surface area (Å²) in [5.74, 6) is 1.42. The number of benzene rings is 2. The summed E-state index contributed by atoms with van der Waals surface area (Å²) in [6.45, 7) is 1.11. The minimum atomic E-state index is -0.270. The van der Waals surface area contributed by atoms with Crippen molar-refractivity contribution in [3.8, 4) is 17.2 Å². The van der Waals surface area contributed by atoms with E-state index in [0.717, 1.165) is 17.0 Å². The second-order valence-electron chi connectivity index (χ2n) is 5.91. The van der Waals surface area contributed by atoms with Gasteiger partial charge in [0.05, 0.1) is 25.5 Å². The third-order valence-electron chi connectivity index (χ3n) is 3.88. The van der Waals surface area contributed by atoms with Gasteiger partial charge in [0, 0.05) is 29.4 Å². The minimum Gasteiger partial charge on any atom is -0.497 e. The summed E-state index contributed by atoms with van der Waals surface area (Å²) in [5, 5.41) is 10.5. The van der Waals surface area contributed by atoms with Crippen LogP contribution in [-0.2, 0) is 6.54 Å². The van der Waals surface area contributed by atoms with E-state index in [1.807, 2.05) is 36.5 Å². The first-order valence-electron chi connectivity index (χ1n) is 8.72. The van der Waals surface area contributed by atoms with E-state index in [1.54, 1.807) is 36.2 Å². The molecule has 2 N–H and O–H groups in total. The lowest BCUT2D eigenvalue weighted by molar-refractivity contribution is 0.236. The van der Waals surface area contributed by atoms with Crippen LogP contribution in [0.1, 0.15) is 5.56 Å². The Morgan fingerprint density at radius 1 is 1.14 bits per heavy atom. The van der Waals surface area contributed by atoms with E-state index in [0.29, 0.717) is 30.5 Å². The van der Waals surface area contributed by atoms with Gasteiger partial charge < -0.3 is 20.1 Å². The zero-order chi connectivity index (χ0) is 19.8. The highest BCUT2D eigenvalue weighted by Gasteiger charge is 2.04. The van der Waals surface area contributed by atoms with Gasteiger partial charge in [0.25, 0.3) is 0 Å². The predicted octanol–water partition coefficient (Wildman–Crippen LogP) is 3.41. The number of rotatable bonds is 8. The third kappa shape index (κ3) is 5.65. The van der Waals surface area contributed by atoms with Crippen molar-refractivity contribution in [3.63, 3.8) is 0 Å². The Balaban J connectivity index is 1.38. The van der Waals surface area contributed by atoms with Crippen molar-refractivity contribution in [1.29, 1.82) is 0 Å². The lowest BCUT2D eigenvalue weighted by Gasteiger charge is -2.09. The minimum absolute atomic E-state index is 0.270. The number of nitrogens with zero attached hydrogens (tertiary/aromatic N) is 2. The molecule has 7 nitrogen and oxygen atoms in total. The molecule has 2 amide bonds. The molecule has 0 aliphatic rings. The van der Waals surface area contributed by atoms with Crippen molar-refractivity contribution >= 4 is 17.6 Å². The molecular weight excluding hydrogens is 380 g/mol. The lowest BCUT2D eigenvalue weighted by atomic mass is 10.3. The second kappa shape index (κ2) is 9.66. The largest absolute Gasteiger partial charge is 0.497 e. The van der Waals surface area contributed by atoms with Crippen molar-refractivity contribution in [1.82, 2.24) is 20.4 Å². The van der Waals surface area contributed by atoms with E-state index in [4.69, 9.17) is 21.1 Å². The first-order chi connectivity index (χ1) is 13.6. The van der Waals surface area contributed by atoms with Gasteiger partial charge in [-0.3, -0.25) is 0 Å². The van der Waals surface area contributed by atoms with Gasteiger partial charge in [-0.15, -0.1) is 0 Å². The molecule has 146 valence electrons. The highest BCUT2D eigenvalue weighted by atomic mass is 35.5. The summed E-state index contributed by atoms with van der Waals surface area (Å²) >= 11 is 5.89. The van der Waals surface area contributed by atoms with Crippen molar-refractivity contribution in [2.75, 3.05) is 20.3 Å². The molecule has 1 aromatic heterocycles. The first kappa shape index (κ1) is 19.6. The Morgan fingerprint density at radius 2 is 1.93 bits per heavy atom. The number of carbonyl (C=O) groups excluding carboxylic acids is 1. The van der Waals surface area contributed by atoms with Crippen LogP contribution in [0.25, 0.3) is 5.69 Å². The SMILES string of the molecule is COc1cccc(OCCNC(=O)NCc2cnn(-c3ccc(Cl)cc3)c2)c1. The molecule has 3 aromatic rings. The molecule has 0 saturated carbocycles. The zero-order valence-corrected chi connectivity index (χ0v) is 16.1. The number of urea groups is 1. The van der Waals surface area contributed by atoms with Crippen LogP contribution in [-0.4, -0.2) is 36.1 Å². The number of aromatic nitrogens is 2. The fourth-order valence-corrected chi connectivity index (χ4v) is 2.58. The molecule has 0 radical (unpaired) electrons. The molecule has 0 fully saturated rings. The number of amides is 2. The van der Waals surface area contributed by atoms with Crippen LogP contribution in [0.4, 0.5) is 4.79 Å². The Hall–Kier alpha value is -3.19. The Morgan fingerprint density at radius 3 is 2.71 bits per heavy atom. The Labute approximate surface area is 168 Å². The third-order valence-corrected chi connectivity index (χ3v) is 4.13. The van der Waals surface area contributed by atoms with Crippen LogP contribution < -0.4 is 20.1 Å². The standard InChI is InChI=1S/C20H21ClN4O3/c1-27-18-3-2-4-19(11-18)28-10-9-22-20(26)23-12-15-13-24-25(14-15)17-7-5-16(21)6-8-17/h2-8,11,13-14H,9-10,12H2,1H3,(H2,22,23,26). The van der Waals surface area contributed by atoms with E-state index in [-0.39, 0.29) is 6.03 Å². The molecule has 0 bridgehead atoms. The predicted molar refractivity (Wildman–Crippen MR) is 107 cm³/mol. The molecule has 1 heterocycles. The van der Waals surface area contributed by atoms with Gasteiger partial charge in [-0.05, 0) is 36.4 Å². The molecule has 0 spiro atoms. The second-order valence-corrected chi connectivity index (χ2v) is 6.34. The van der Waals surface area contributed by atoms with E-state index in [2.05, 4.69) is 15.7 Å². The monoisotopic (exact) mass is 400 g/mol. The molecule has 2 aromatic carbocycles. The zero-order valence-electron chi connectivity index (χ0n) is 15.4. The van der Waals surface area contributed by atoms with E-state index in [9.17, 15) is 4.79 Å². The van der Waals surface area contributed by atoms with Crippen LogP contribution >= 0.6 is 11.6 Å². The summed E-state index contributed by atoms with van der Waals surface area (Å²) in [6.07, 6.45) is 3.57. The average Bonchev–Trinajstić information content (AvgIpc) is 3.19. The van der Waals surface area contributed by atoms with Gasteiger partial charge in [0.15, 0.2) is 0 Å². The number of nitrogens with one attached hydrogen (secondary N) is 2. The van der Waals surface area contributed by atoms with E-state index in [1.165, 1.54) is 0 Å². The Kier molecular flexibility index (Phi) is 6.75. The highest BCUT2D eigenvalue weighted by Crippen LogP contribution is 2.18. The van der Waals surface area contributed by atoms with Crippen LogP contribution in [0.5, 0.6) is 11.5 Å². The molecule has 0 unspecified atom stereocenters. The lowest BCUT2D eigenvalue weighted by Crippen LogP contribution is -2.37. The maximum absolute atomic E-state index is 11.9. The quantitative estimate of drug-likeness (QED) is 0.568. The maximum Gasteiger partial charge on any atom is 0.315 e. The van der Waals surface area contributed by atoms with Crippen molar-refractivity contribution in [3.05, 3.63) is 71.5 Å². The first-order valence-corrected chi connectivity index (χ1v) is 9.10. The van der Waals surface area contributed by atoms with Gasteiger partial charge in [-0.25, -0.2) is 9.48 Å². The number of halogens is 1. The van der Waals surface area contributed by atoms with Gasteiger partial charge >= 0.3 is 6.03 Å². The fraction of sp³-hybridized carbons (Fsp3) is 0.200. The summed E-state index contributed by atoms with van der Waals surface area (Å²) in [4.78, 5) is 11.9. The number of hydrogen-bond donors (Lipinski definition) is 2. The topological polar surface area (TPSA) is 77.4 Å². The fourth-order valence-electron chi connectivity index (χ4n) is 2.46. The molecule has 3 rings (SSSR count). The van der Waals surface area contributed by atoms with Crippen LogP contribution in [0.15, 0.2) is 60.9 Å². The maximum atomic E-state index is 11.9. The summed E-state index contributed by atoms with van der Waals surface area (Å²) < 4.78 is 12.4. The smallest absolute Gasteiger partial charge is 0.315 e. The van der Waals surface area contributed by atoms with Crippen LogP contribution in [0.3, 0.4) is 0 Å². The number of carbonyl (C=O) groups is 1. The van der Waals surface area contributed by atoms with Crippen molar-refractivity contribution in [2.24, 2.45) is 0 Å². The van der Waals surface area contributed by atoms with Gasteiger partial charge in [-0.2, -0.15) is 5.10 Å². The molecule has 0 saturated heterocycles. The molecule has 28 heavy (non-hydrogen) atoms. The van der Waals surface area contributed by atoms with Gasteiger partial charge in [0.1, 0.15) is 18.1 Å². The van der Waals surface area contributed by atoms with Crippen molar-refractivity contribution in [2.45, 2.75) is 6.54 Å². The van der Waals surface area contributed by atoms with Crippen LogP contribution in [0, 0.1) is 0 Å². The molecule has 0 atom stereocenters. The summed E-state index contributed by atoms with van der Waals surface area (Å²) in [7, 11) is 1.60. The van der Waals surface area contributed by atoms with Crippen LogP contribution in [0.2, 0.25) is 5.02 Å². The van der Waals surface area contributed by atoms with Crippen molar-refractivity contribution < 1.29 is 14.3 Å². The normalized spacial score (nSPS) is 10.4. The van der Waals surface area contributed by atoms with Gasteiger partial charge in [0.2, 0.25) is 0 Å². The van der Waals surface area contributed by atoms with Gasteiger partial charge in [-0.1, -0.05) is 17.7 Å². The molecule has 0 aliphatic heterocycles.